The van der Waals surface area contributed by atoms with Crippen LogP contribution < -0.4 is 0 Å². The van der Waals surface area contributed by atoms with E-state index in [9.17, 15) is 0 Å². The Bertz CT molecular complexity index is 117. The molecule has 2 nitrogen and oxygen atoms in total. The van der Waals surface area contributed by atoms with Crippen molar-refractivity contribution >= 4 is 7.12 Å². The van der Waals surface area contributed by atoms with Gasteiger partial charge in [-0.25, -0.2) is 0 Å². The Balaban J connectivity index is 3.60. The summed E-state index contributed by atoms with van der Waals surface area (Å²) in [5.41, 5.74) is 0. The average Bonchev–Trinajstić information content (AvgIpc) is 2.04. The van der Waals surface area contributed by atoms with E-state index < -0.39 is 0 Å². The monoisotopic (exact) mass is 170 g/mol. The third-order valence-corrected chi connectivity index (χ3v) is 1.59. The molecule has 0 heterocycles. The number of rotatable bonds is 7. The molecule has 0 fully saturated rings. The Labute approximate surface area is 76.1 Å². The van der Waals surface area contributed by atoms with Gasteiger partial charge in [-0.1, -0.05) is 19.3 Å². The fourth-order valence-corrected chi connectivity index (χ4v) is 1.03. The average molecular weight is 170 g/mol. The highest BCUT2D eigenvalue weighted by Gasteiger charge is 2.15. The van der Waals surface area contributed by atoms with E-state index in [-0.39, 0.29) is 13.2 Å². The predicted octanol–water partition coefficient (Wildman–Crippen LogP) is 2.44. The molecular formula is C9H19BO2. The maximum absolute atomic E-state index is 5.54. The van der Waals surface area contributed by atoms with Gasteiger partial charge in [-0.2, -0.15) is 0 Å². The van der Waals surface area contributed by atoms with Crippen molar-refractivity contribution in [3.63, 3.8) is 0 Å². The second kappa shape index (κ2) is 7.38. The number of hydrogen-bond donors (Lipinski definition) is 0. The van der Waals surface area contributed by atoms with E-state index in [0.717, 1.165) is 12.8 Å². The first kappa shape index (κ1) is 11.7. The minimum absolute atomic E-state index is 0.239. The summed E-state index contributed by atoms with van der Waals surface area (Å²) in [5.74, 6) is 1.69. The van der Waals surface area contributed by atoms with Gasteiger partial charge in [-0.15, -0.1) is 6.58 Å². The molecule has 1 unspecified atom stereocenters. The first-order valence-electron chi connectivity index (χ1n) is 4.64. The van der Waals surface area contributed by atoms with Crippen LogP contribution in [-0.2, 0) is 9.31 Å². The van der Waals surface area contributed by atoms with Gasteiger partial charge in [-0.05, 0) is 20.3 Å². The van der Waals surface area contributed by atoms with Crippen molar-refractivity contribution in [2.75, 3.05) is 6.61 Å². The third kappa shape index (κ3) is 5.39. The molecule has 0 spiro atoms. The Hall–Kier alpha value is -0.275. The molecular weight excluding hydrogens is 151 g/mol. The van der Waals surface area contributed by atoms with Crippen molar-refractivity contribution in [1.82, 2.24) is 0 Å². The van der Waals surface area contributed by atoms with Gasteiger partial charge >= 0.3 is 7.12 Å². The van der Waals surface area contributed by atoms with Crippen LogP contribution in [0.25, 0.3) is 0 Å². The zero-order chi connectivity index (χ0) is 9.40. The largest absolute Gasteiger partial charge is 0.485 e. The molecule has 0 aliphatic rings. The lowest BCUT2D eigenvalue weighted by molar-refractivity contribution is 0.152. The Kier molecular flexibility index (Phi) is 7.21. The van der Waals surface area contributed by atoms with Crippen LogP contribution in [0.2, 0.25) is 0 Å². The summed E-state index contributed by atoms with van der Waals surface area (Å²) in [6, 6.07) is 0. The standard InChI is InChI=1S/C9H19BO2/c1-5-8-9(4)12-10(6-2)11-7-3/h6,9H,2,5,7-8H2,1,3-4H3. The van der Waals surface area contributed by atoms with E-state index in [1.165, 1.54) is 0 Å². The second-order valence-electron chi connectivity index (χ2n) is 2.79. The smallest absolute Gasteiger partial charge is 0.408 e. The van der Waals surface area contributed by atoms with Crippen LogP contribution in [0.5, 0.6) is 0 Å². The highest BCUT2D eigenvalue weighted by Crippen LogP contribution is 2.03. The molecule has 0 aliphatic heterocycles. The SMILES string of the molecule is C=CB(OCC)OC(C)CCC. The van der Waals surface area contributed by atoms with E-state index in [1.807, 2.05) is 6.92 Å². The molecule has 0 rings (SSSR count). The quantitative estimate of drug-likeness (QED) is 0.546. The summed E-state index contributed by atoms with van der Waals surface area (Å²) in [6.45, 7) is 10.5. The highest BCUT2D eigenvalue weighted by atomic mass is 16.6. The van der Waals surface area contributed by atoms with Gasteiger partial charge in [0.05, 0.1) is 0 Å². The topological polar surface area (TPSA) is 18.5 Å². The lowest BCUT2D eigenvalue weighted by atomic mass is 9.90. The summed E-state index contributed by atoms with van der Waals surface area (Å²) in [4.78, 5) is 0. The van der Waals surface area contributed by atoms with Crippen LogP contribution in [0.1, 0.15) is 33.6 Å². The molecule has 0 radical (unpaired) electrons. The lowest BCUT2D eigenvalue weighted by Crippen LogP contribution is -2.25. The summed E-state index contributed by atoms with van der Waals surface area (Å²) in [5, 5.41) is 0. The third-order valence-electron chi connectivity index (χ3n) is 1.59. The normalized spacial score (nSPS) is 12.6. The Morgan fingerprint density at radius 2 is 2.17 bits per heavy atom. The van der Waals surface area contributed by atoms with Crippen molar-refractivity contribution < 1.29 is 9.31 Å². The predicted molar refractivity (Wildman–Crippen MR) is 53.0 cm³/mol. The molecule has 0 saturated heterocycles. The van der Waals surface area contributed by atoms with Crippen LogP contribution in [-0.4, -0.2) is 19.8 Å². The first-order chi connectivity index (χ1) is 5.74. The van der Waals surface area contributed by atoms with E-state index >= 15 is 0 Å². The molecule has 3 heteroatoms. The minimum atomic E-state index is -0.239. The molecule has 0 amide bonds. The van der Waals surface area contributed by atoms with Crippen LogP contribution in [0, 0.1) is 0 Å². The van der Waals surface area contributed by atoms with Crippen LogP contribution in [0.15, 0.2) is 12.6 Å². The minimum Gasteiger partial charge on any atom is -0.408 e. The number of hydrogen-bond acceptors (Lipinski definition) is 2. The van der Waals surface area contributed by atoms with Crippen LogP contribution in [0.3, 0.4) is 0 Å². The Morgan fingerprint density at radius 1 is 1.50 bits per heavy atom. The fourth-order valence-electron chi connectivity index (χ4n) is 1.03. The molecule has 0 aliphatic carbocycles. The molecule has 0 N–H and O–H groups in total. The second-order valence-corrected chi connectivity index (χ2v) is 2.79. The van der Waals surface area contributed by atoms with Crippen molar-refractivity contribution in [3.05, 3.63) is 12.6 Å². The Morgan fingerprint density at radius 3 is 2.58 bits per heavy atom. The molecule has 70 valence electrons. The van der Waals surface area contributed by atoms with Gasteiger partial charge in [0.2, 0.25) is 0 Å². The summed E-state index contributed by atoms with van der Waals surface area (Å²) in [6.07, 6.45) is 2.46. The van der Waals surface area contributed by atoms with Crippen LogP contribution >= 0.6 is 0 Å². The molecule has 0 aromatic carbocycles. The maximum Gasteiger partial charge on any atom is 0.485 e. The summed E-state index contributed by atoms with van der Waals surface area (Å²) < 4.78 is 10.8. The molecule has 0 aromatic heterocycles. The zero-order valence-corrected chi connectivity index (χ0v) is 8.38. The fraction of sp³-hybridized carbons (Fsp3) is 0.778. The summed E-state index contributed by atoms with van der Waals surface area (Å²) >= 11 is 0. The van der Waals surface area contributed by atoms with Gasteiger partial charge in [0, 0.05) is 12.7 Å². The van der Waals surface area contributed by atoms with Crippen molar-refractivity contribution in [3.8, 4) is 0 Å². The van der Waals surface area contributed by atoms with Gasteiger partial charge in [-0.3, -0.25) is 0 Å². The lowest BCUT2D eigenvalue weighted by Gasteiger charge is -2.15. The molecule has 0 saturated carbocycles. The van der Waals surface area contributed by atoms with E-state index in [0.29, 0.717) is 6.61 Å². The van der Waals surface area contributed by atoms with E-state index in [4.69, 9.17) is 9.31 Å². The maximum atomic E-state index is 5.54. The molecule has 1 atom stereocenters. The van der Waals surface area contributed by atoms with Gasteiger partial charge in [0.15, 0.2) is 0 Å². The molecule has 0 aromatic rings. The van der Waals surface area contributed by atoms with Crippen molar-refractivity contribution in [2.45, 2.75) is 39.7 Å². The summed E-state index contributed by atoms with van der Waals surface area (Å²) in [7, 11) is -0.239. The van der Waals surface area contributed by atoms with Gasteiger partial charge < -0.3 is 9.31 Å². The van der Waals surface area contributed by atoms with E-state index in [2.05, 4.69) is 20.4 Å². The molecule has 0 bridgehead atoms. The first-order valence-corrected chi connectivity index (χ1v) is 4.64. The zero-order valence-electron chi connectivity index (χ0n) is 8.38. The highest BCUT2D eigenvalue weighted by molar-refractivity contribution is 6.50. The van der Waals surface area contributed by atoms with Crippen molar-refractivity contribution in [1.29, 1.82) is 0 Å². The van der Waals surface area contributed by atoms with Gasteiger partial charge in [0.1, 0.15) is 0 Å². The van der Waals surface area contributed by atoms with Gasteiger partial charge in [0.25, 0.3) is 0 Å². The van der Waals surface area contributed by atoms with E-state index in [1.54, 1.807) is 5.98 Å². The van der Waals surface area contributed by atoms with Crippen LogP contribution in [0.4, 0.5) is 0 Å². The van der Waals surface area contributed by atoms with Crippen molar-refractivity contribution in [2.24, 2.45) is 0 Å². The molecule has 12 heavy (non-hydrogen) atoms.